The Morgan fingerprint density at radius 3 is 2.76 bits per heavy atom. The summed E-state index contributed by atoms with van der Waals surface area (Å²) in [6.07, 6.45) is 9.09. The Labute approximate surface area is 199 Å². The maximum Gasteiger partial charge on any atom is 0.227 e. The number of likely N-dealkylation sites (tertiary alicyclic amines) is 1. The van der Waals surface area contributed by atoms with Crippen molar-refractivity contribution in [3.63, 3.8) is 0 Å². The maximum atomic E-state index is 12.8. The molecule has 7 heteroatoms. The number of hydrazone groups is 1. The molecule has 1 amide bonds. The quantitative estimate of drug-likeness (QED) is 0.716. The van der Waals surface area contributed by atoms with Gasteiger partial charge in [0, 0.05) is 50.1 Å². The van der Waals surface area contributed by atoms with E-state index in [1.165, 1.54) is 0 Å². The van der Waals surface area contributed by atoms with Crippen LogP contribution >= 0.6 is 0 Å². The molecule has 1 fully saturated rings. The average molecular weight is 456 g/mol. The van der Waals surface area contributed by atoms with Gasteiger partial charge in [0.25, 0.3) is 0 Å². The monoisotopic (exact) mass is 455 g/mol. The van der Waals surface area contributed by atoms with Crippen molar-refractivity contribution in [3.05, 3.63) is 65.1 Å². The first-order valence-electron chi connectivity index (χ1n) is 11.5. The van der Waals surface area contributed by atoms with Gasteiger partial charge >= 0.3 is 0 Å². The molecule has 2 aliphatic heterocycles. The molecule has 2 aromatic rings. The Kier molecular flexibility index (Phi) is 7.28. The smallest absolute Gasteiger partial charge is 0.227 e. The van der Waals surface area contributed by atoms with Crippen molar-refractivity contribution in [3.8, 4) is 22.9 Å². The number of allylic oxidation sites excluding steroid dienone is 1. The van der Waals surface area contributed by atoms with E-state index in [0.29, 0.717) is 37.4 Å². The molecule has 174 valence electrons. The summed E-state index contributed by atoms with van der Waals surface area (Å²) in [4.78, 5) is 14.7. The molecule has 2 heterocycles. The predicted octanol–water partition coefficient (Wildman–Crippen LogP) is 1.85. The van der Waals surface area contributed by atoms with Gasteiger partial charge in [-0.2, -0.15) is 10.4 Å². The molecule has 1 atom stereocenters. The number of ether oxygens (including phenoxy) is 1. The van der Waals surface area contributed by atoms with Gasteiger partial charge in [0.05, 0.1) is 17.6 Å². The lowest BCUT2D eigenvalue weighted by Crippen LogP contribution is -2.47. The second-order valence-electron chi connectivity index (χ2n) is 8.49. The van der Waals surface area contributed by atoms with Crippen molar-refractivity contribution in [1.82, 2.24) is 10.3 Å². The van der Waals surface area contributed by atoms with Gasteiger partial charge in [0.15, 0.2) is 0 Å². The molecule has 34 heavy (non-hydrogen) atoms. The van der Waals surface area contributed by atoms with Gasteiger partial charge in [0.1, 0.15) is 11.9 Å². The summed E-state index contributed by atoms with van der Waals surface area (Å²) in [5, 5.41) is 15.0. The lowest BCUT2D eigenvalue weighted by atomic mass is 10.00. The third kappa shape index (κ3) is 5.12. The molecular formula is C27H29N5O2. The molecule has 0 aliphatic carbocycles. The van der Waals surface area contributed by atoms with E-state index in [2.05, 4.69) is 23.2 Å². The zero-order valence-corrected chi connectivity index (χ0v) is 19.1. The molecule has 1 unspecified atom stereocenters. The first-order chi connectivity index (χ1) is 16.6. The third-order valence-electron chi connectivity index (χ3n) is 6.27. The van der Waals surface area contributed by atoms with Crippen molar-refractivity contribution in [2.24, 2.45) is 16.8 Å². The number of carbonyl (C=O) groups excluding carboxylic acids is 1. The SMILES string of the molecule is C=C/C=c1/cc(-c2cccc(C#N)c2)cc(OC2CCN(C(=O)C3CC=NNC3)CC2)/c1=C/N. The number of rotatable bonds is 5. The molecule has 0 saturated carbocycles. The van der Waals surface area contributed by atoms with Gasteiger partial charge in [-0.25, -0.2) is 0 Å². The van der Waals surface area contributed by atoms with Crippen molar-refractivity contribution < 1.29 is 9.53 Å². The summed E-state index contributed by atoms with van der Waals surface area (Å²) in [6.45, 7) is 5.73. The van der Waals surface area contributed by atoms with Gasteiger partial charge in [-0.15, -0.1) is 0 Å². The summed E-state index contributed by atoms with van der Waals surface area (Å²) in [7, 11) is 0. The van der Waals surface area contributed by atoms with Crippen molar-refractivity contribution in [2.75, 3.05) is 19.6 Å². The number of benzene rings is 2. The van der Waals surface area contributed by atoms with E-state index in [0.717, 1.165) is 34.4 Å². The number of nitrogens with zero attached hydrogens (tertiary/aromatic N) is 3. The second kappa shape index (κ2) is 10.7. The minimum Gasteiger partial charge on any atom is -0.490 e. The number of nitrogens with two attached hydrogens (primary N) is 1. The highest BCUT2D eigenvalue weighted by Crippen LogP contribution is 2.24. The van der Waals surface area contributed by atoms with Crippen LogP contribution < -0.4 is 26.3 Å². The van der Waals surface area contributed by atoms with E-state index in [4.69, 9.17) is 10.5 Å². The lowest BCUT2D eigenvalue weighted by molar-refractivity contribution is -0.137. The van der Waals surface area contributed by atoms with Crippen molar-refractivity contribution >= 4 is 24.4 Å². The lowest BCUT2D eigenvalue weighted by Gasteiger charge is -2.34. The van der Waals surface area contributed by atoms with Crippen LogP contribution in [0.25, 0.3) is 23.4 Å². The van der Waals surface area contributed by atoms with E-state index < -0.39 is 0 Å². The summed E-state index contributed by atoms with van der Waals surface area (Å²) in [5.74, 6) is 0.814. The highest BCUT2D eigenvalue weighted by Gasteiger charge is 2.29. The molecule has 2 aromatic carbocycles. The maximum absolute atomic E-state index is 12.8. The van der Waals surface area contributed by atoms with Crippen LogP contribution in [0.2, 0.25) is 0 Å². The molecule has 3 N–H and O–H groups in total. The van der Waals surface area contributed by atoms with Crippen LogP contribution in [0.5, 0.6) is 5.75 Å². The number of nitriles is 1. The molecule has 7 nitrogen and oxygen atoms in total. The Hall–Kier alpha value is -4.05. The van der Waals surface area contributed by atoms with Crippen LogP contribution in [0.4, 0.5) is 0 Å². The fourth-order valence-corrected chi connectivity index (χ4v) is 4.43. The number of amides is 1. The minimum atomic E-state index is -0.0498. The highest BCUT2D eigenvalue weighted by atomic mass is 16.5. The standard InChI is InChI=1S/C27H29N5O2/c1-2-4-21-14-23(20-6-3-5-19(13-20)16-28)15-26(25(21)17-29)34-24-8-11-32(12-9-24)27(33)22-7-10-30-31-18-22/h2-6,10,13-15,17,22,24,31H,1,7-9,11-12,18,29H2/b21-4-,25-17+. The molecule has 2 aliphatic rings. The van der Waals surface area contributed by atoms with Crippen LogP contribution in [0.15, 0.2) is 54.2 Å². The number of piperidine rings is 1. The van der Waals surface area contributed by atoms with Gasteiger partial charge in [-0.1, -0.05) is 30.9 Å². The Balaban J connectivity index is 1.55. The van der Waals surface area contributed by atoms with Gasteiger partial charge < -0.3 is 20.8 Å². The van der Waals surface area contributed by atoms with E-state index in [1.807, 2.05) is 41.3 Å². The first kappa shape index (κ1) is 23.1. The van der Waals surface area contributed by atoms with Crippen molar-refractivity contribution in [1.29, 1.82) is 5.26 Å². The molecular weight excluding hydrogens is 426 g/mol. The summed E-state index contributed by atoms with van der Waals surface area (Å²) >= 11 is 0. The van der Waals surface area contributed by atoms with E-state index in [9.17, 15) is 10.1 Å². The summed E-state index contributed by atoms with van der Waals surface area (Å²) in [5.41, 5.74) is 11.4. The normalized spacial score (nSPS) is 19.4. The number of carbonyl (C=O) groups is 1. The molecule has 0 bridgehead atoms. The Morgan fingerprint density at radius 2 is 2.09 bits per heavy atom. The summed E-state index contributed by atoms with van der Waals surface area (Å²) in [6, 6.07) is 13.7. The van der Waals surface area contributed by atoms with Gasteiger partial charge in [-0.05, 0) is 47.0 Å². The molecule has 0 radical (unpaired) electrons. The van der Waals surface area contributed by atoms with Crippen LogP contribution in [0.1, 0.15) is 24.8 Å². The number of nitrogens with one attached hydrogen (secondary N) is 1. The number of hydrogen-bond donors (Lipinski definition) is 2. The predicted molar refractivity (Wildman–Crippen MR) is 134 cm³/mol. The van der Waals surface area contributed by atoms with Crippen LogP contribution in [0, 0.1) is 17.2 Å². The molecule has 0 aromatic heterocycles. The van der Waals surface area contributed by atoms with Crippen LogP contribution in [-0.2, 0) is 4.79 Å². The molecule has 0 spiro atoms. The Bertz CT molecular complexity index is 1250. The third-order valence-corrected chi connectivity index (χ3v) is 6.27. The van der Waals surface area contributed by atoms with E-state index in [-0.39, 0.29) is 17.9 Å². The first-order valence-corrected chi connectivity index (χ1v) is 11.5. The topological polar surface area (TPSA) is 104 Å². The van der Waals surface area contributed by atoms with Crippen LogP contribution in [-0.4, -0.2) is 42.8 Å². The zero-order valence-electron chi connectivity index (χ0n) is 19.1. The average Bonchev–Trinajstić information content (AvgIpc) is 2.89. The van der Waals surface area contributed by atoms with E-state index >= 15 is 0 Å². The highest BCUT2D eigenvalue weighted by molar-refractivity contribution is 5.82. The number of hydrogen-bond acceptors (Lipinski definition) is 6. The van der Waals surface area contributed by atoms with Crippen LogP contribution in [0.3, 0.4) is 0 Å². The second-order valence-corrected chi connectivity index (χ2v) is 8.49. The fraction of sp³-hybridized carbons (Fsp3) is 0.296. The minimum absolute atomic E-state index is 0.0222. The zero-order chi connectivity index (χ0) is 23.9. The Morgan fingerprint density at radius 1 is 1.26 bits per heavy atom. The van der Waals surface area contributed by atoms with Crippen molar-refractivity contribution in [2.45, 2.75) is 25.4 Å². The largest absolute Gasteiger partial charge is 0.490 e. The van der Waals surface area contributed by atoms with Gasteiger partial charge in [0.2, 0.25) is 5.91 Å². The van der Waals surface area contributed by atoms with Gasteiger partial charge in [-0.3, -0.25) is 4.79 Å². The molecule has 4 rings (SSSR count). The fourth-order valence-electron chi connectivity index (χ4n) is 4.43. The summed E-state index contributed by atoms with van der Waals surface area (Å²) < 4.78 is 6.45. The van der Waals surface area contributed by atoms with E-state index in [1.54, 1.807) is 24.6 Å². The molecule has 1 saturated heterocycles.